The van der Waals surface area contributed by atoms with E-state index in [1.54, 1.807) is 42.1 Å². The van der Waals surface area contributed by atoms with Gasteiger partial charge in [0.15, 0.2) is 11.5 Å². The topological polar surface area (TPSA) is 110 Å². The zero-order chi connectivity index (χ0) is 21.8. The minimum atomic E-state index is -0.441. The summed E-state index contributed by atoms with van der Waals surface area (Å²) >= 11 is 0. The first-order valence-corrected chi connectivity index (χ1v) is 9.47. The average Bonchev–Trinajstić information content (AvgIpc) is 3.16. The molecule has 0 bridgehead atoms. The molecule has 0 saturated carbocycles. The number of carbonyl (C=O) groups is 2. The van der Waals surface area contributed by atoms with Crippen molar-refractivity contribution < 1.29 is 14.3 Å². The minimum Gasteiger partial charge on any atom is -0.497 e. The molecular formula is C22H20N6O3. The molecule has 4 aromatic rings. The molecule has 3 N–H and O–H groups in total. The third-order valence-electron chi connectivity index (χ3n) is 4.39. The normalized spacial score (nSPS) is 10.5. The van der Waals surface area contributed by atoms with Crippen LogP contribution in [0, 0.1) is 0 Å². The summed E-state index contributed by atoms with van der Waals surface area (Å²) in [6.45, 7) is 1.43. The number of nitrogens with one attached hydrogen (secondary N) is 3. The molecule has 0 spiro atoms. The van der Waals surface area contributed by atoms with Gasteiger partial charge in [0.2, 0.25) is 5.91 Å². The van der Waals surface area contributed by atoms with Crippen LogP contribution in [0.4, 0.5) is 22.0 Å². The summed E-state index contributed by atoms with van der Waals surface area (Å²) in [6.07, 6.45) is 1.64. The van der Waals surface area contributed by atoms with Crippen LogP contribution in [0.1, 0.15) is 6.92 Å². The number of anilines is 3. The van der Waals surface area contributed by atoms with Gasteiger partial charge in [0.1, 0.15) is 5.75 Å². The van der Waals surface area contributed by atoms with Crippen molar-refractivity contribution in [2.75, 3.05) is 23.1 Å². The van der Waals surface area contributed by atoms with E-state index in [0.29, 0.717) is 22.8 Å². The lowest BCUT2D eigenvalue weighted by Gasteiger charge is -2.07. The number of benzene rings is 2. The molecular weight excluding hydrogens is 396 g/mol. The fraction of sp³-hybridized carbons (Fsp3) is 0.0909. The van der Waals surface area contributed by atoms with E-state index in [0.717, 1.165) is 17.0 Å². The third-order valence-corrected chi connectivity index (χ3v) is 4.39. The number of hydrogen-bond donors (Lipinski definition) is 3. The maximum Gasteiger partial charge on any atom is 0.324 e. The second-order valence-corrected chi connectivity index (χ2v) is 6.72. The Bertz CT molecular complexity index is 1250. The van der Waals surface area contributed by atoms with Gasteiger partial charge in [0, 0.05) is 23.9 Å². The Morgan fingerprint density at radius 3 is 2.39 bits per heavy atom. The van der Waals surface area contributed by atoms with E-state index in [9.17, 15) is 9.59 Å². The third kappa shape index (κ3) is 4.78. The Morgan fingerprint density at radius 1 is 0.935 bits per heavy atom. The van der Waals surface area contributed by atoms with E-state index in [2.05, 4.69) is 26.0 Å². The van der Waals surface area contributed by atoms with Crippen molar-refractivity contribution in [1.29, 1.82) is 0 Å². The number of hydrogen-bond acceptors (Lipinski definition) is 5. The van der Waals surface area contributed by atoms with Crippen LogP contribution >= 0.6 is 0 Å². The molecule has 31 heavy (non-hydrogen) atoms. The van der Waals surface area contributed by atoms with Crippen molar-refractivity contribution in [2.24, 2.45) is 0 Å². The largest absolute Gasteiger partial charge is 0.497 e. The predicted molar refractivity (Wildman–Crippen MR) is 118 cm³/mol. The number of nitrogens with zero attached hydrogens (tertiary/aromatic N) is 3. The van der Waals surface area contributed by atoms with Gasteiger partial charge in [-0.25, -0.2) is 14.3 Å². The lowest BCUT2D eigenvalue weighted by atomic mass is 10.1. The van der Waals surface area contributed by atoms with Crippen LogP contribution in [0.25, 0.3) is 16.9 Å². The maximum absolute atomic E-state index is 12.3. The van der Waals surface area contributed by atoms with Crippen LogP contribution < -0.4 is 20.7 Å². The molecule has 156 valence electrons. The number of carbonyl (C=O) groups excluding carboxylic acids is 2. The Hall–Kier alpha value is -4.40. The summed E-state index contributed by atoms with van der Waals surface area (Å²) in [5, 5.41) is 12.6. The SMILES string of the molecule is COc1cccc(-c2ccc3nc(NC(=O)Nc4ccc(NC(C)=O)cc4)cn3n2)c1. The zero-order valence-electron chi connectivity index (χ0n) is 16.9. The Balaban J connectivity index is 1.46. The highest BCUT2D eigenvalue weighted by Crippen LogP contribution is 2.23. The minimum absolute atomic E-state index is 0.159. The van der Waals surface area contributed by atoms with Gasteiger partial charge < -0.3 is 15.4 Å². The number of aromatic nitrogens is 3. The van der Waals surface area contributed by atoms with E-state index in [4.69, 9.17) is 4.74 Å². The summed E-state index contributed by atoms with van der Waals surface area (Å²) in [4.78, 5) is 27.7. The van der Waals surface area contributed by atoms with Gasteiger partial charge >= 0.3 is 6.03 Å². The Morgan fingerprint density at radius 2 is 1.68 bits per heavy atom. The highest BCUT2D eigenvalue weighted by atomic mass is 16.5. The van der Waals surface area contributed by atoms with Gasteiger partial charge in [-0.15, -0.1) is 0 Å². The average molecular weight is 416 g/mol. The first-order chi connectivity index (χ1) is 15.0. The monoisotopic (exact) mass is 416 g/mol. The number of amides is 3. The zero-order valence-corrected chi connectivity index (χ0v) is 16.9. The number of methoxy groups -OCH3 is 1. The number of ether oxygens (including phenoxy) is 1. The summed E-state index contributed by atoms with van der Waals surface area (Å²) in [5.41, 5.74) is 3.48. The van der Waals surface area contributed by atoms with Crippen molar-refractivity contribution in [1.82, 2.24) is 14.6 Å². The molecule has 0 aliphatic carbocycles. The fourth-order valence-electron chi connectivity index (χ4n) is 3.00. The molecule has 3 amide bonds. The first kappa shape index (κ1) is 19.9. The van der Waals surface area contributed by atoms with Crippen molar-refractivity contribution in [3.63, 3.8) is 0 Å². The molecule has 0 fully saturated rings. The molecule has 2 heterocycles. The first-order valence-electron chi connectivity index (χ1n) is 9.47. The second kappa shape index (κ2) is 8.54. The number of rotatable bonds is 5. The van der Waals surface area contributed by atoms with E-state index in [-0.39, 0.29) is 5.91 Å². The van der Waals surface area contributed by atoms with Gasteiger partial charge in [-0.1, -0.05) is 12.1 Å². The van der Waals surface area contributed by atoms with E-state index < -0.39 is 6.03 Å². The quantitative estimate of drug-likeness (QED) is 0.455. The summed E-state index contributed by atoms with van der Waals surface area (Å²) in [6, 6.07) is 17.6. The van der Waals surface area contributed by atoms with Crippen molar-refractivity contribution in [3.05, 3.63) is 66.9 Å². The van der Waals surface area contributed by atoms with Crippen LogP contribution in [0.2, 0.25) is 0 Å². The summed E-state index contributed by atoms with van der Waals surface area (Å²) in [7, 11) is 1.62. The van der Waals surface area contributed by atoms with Crippen LogP contribution in [0.15, 0.2) is 66.9 Å². The van der Waals surface area contributed by atoms with Crippen molar-refractivity contribution in [3.8, 4) is 17.0 Å². The molecule has 0 saturated heterocycles. The fourth-order valence-corrected chi connectivity index (χ4v) is 3.00. The maximum atomic E-state index is 12.3. The van der Waals surface area contributed by atoms with Gasteiger partial charge in [-0.3, -0.25) is 10.1 Å². The van der Waals surface area contributed by atoms with E-state index in [1.807, 2.05) is 36.4 Å². The molecule has 9 nitrogen and oxygen atoms in total. The smallest absolute Gasteiger partial charge is 0.324 e. The Kier molecular flexibility index (Phi) is 5.48. The Labute approximate surface area is 178 Å². The lowest BCUT2D eigenvalue weighted by molar-refractivity contribution is -0.114. The standard InChI is InChI=1S/C22H20N6O3/c1-14(29)23-16-6-8-17(9-7-16)24-22(30)26-20-13-28-21(25-20)11-10-19(27-28)15-4-3-5-18(12-15)31-2/h3-13H,1-2H3,(H,23,29)(H2,24,26,30). The highest BCUT2D eigenvalue weighted by Gasteiger charge is 2.09. The predicted octanol–water partition coefficient (Wildman–Crippen LogP) is 4.01. The molecule has 2 aromatic carbocycles. The summed E-state index contributed by atoms with van der Waals surface area (Å²) < 4.78 is 6.87. The van der Waals surface area contributed by atoms with Crippen LogP contribution in [-0.2, 0) is 4.79 Å². The molecule has 0 atom stereocenters. The van der Waals surface area contributed by atoms with Crippen LogP contribution in [0.3, 0.4) is 0 Å². The molecule has 4 rings (SSSR count). The molecule has 0 aliphatic heterocycles. The molecule has 2 aromatic heterocycles. The molecule has 9 heteroatoms. The van der Waals surface area contributed by atoms with E-state index in [1.165, 1.54) is 6.92 Å². The van der Waals surface area contributed by atoms with Crippen LogP contribution in [0.5, 0.6) is 5.75 Å². The van der Waals surface area contributed by atoms with Crippen molar-refractivity contribution >= 4 is 34.8 Å². The highest BCUT2D eigenvalue weighted by molar-refractivity contribution is 5.99. The number of imidazole rings is 1. The molecule has 0 unspecified atom stereocenters. The summed E-state index contributed by atoms with van der Waals surface area (Å²) in [5.74, 6) is 0.949. The lowest BCUT2D eigenvalue weighted by Crippen LogP contribution is -2.19. The van der Waals surface area contributed by atoms with Gasteiger partial charge in [-0.05, 0) is 48.5 Å². The van der Waals surface area contributed by atoms with Gasteiger partial charge in [0.05, 0.1) is 19.0 Å². The molecule has 0 aliphatic rings. The van der Waals surface area contributed by atoms with Gasteiger partial charge in [0.25, 0.3) is 0 Å². The second-order valence-electron chi connectivity index (χ2n) is 6.72. The molecule has 0 radical (unpaired) electrons. The number of urea groups is 1. The number of fused-ring (bicyclic) bond motifs is 1. The van der Waals surface area contributed by atoms with E-state index >= 15 is 0 Å². The van der Waals surface area contributed by atoms with Crippen molar-refractivity contribution in [2.45, 2.75) is 6.92 Å². The van der Waals surface area contributed by atoms with Crippen LogP contribution in [-0.4, -0.2) is 33.6 Å². The van der Waals surface area contributed by atoms with Gasteiger partial charge in [-0.2, -0.15) is 5.10 Å².